The third-order valence-corrected chi connectivity index (χ3v) is 6.91. The topological polar surface area (TPSA) is 38.8 Å². The number of carbonyl (C=O) groups excluding carboxylic acids is 1. The molecule has 0 aromatic heterocycles. The zero-order valence-corrected chi connectivity index (χ0v) is 19.5. The van der Waals surface area contributed by atoms with Crippen molar-refractivity contribution in [2.24, 2.45) is 0 Å². The highest BCUT2D eigenvalue weighted by atomic mass is 79.9. The average Bonchev–Trinajstić information content (AvgIpc) is 2.75. The molecule has 0 saturated carbocycles. The lowest BCUT2D eigenvalue weighted by Gasteiger charge is -2.39. The number of halogens is 1. The number of anilines is 1. The summed E-state index contributed by atoms with van der Waals surface area (Å²) < 4.78 is 0.980. The van der Waals surface area contributed by atoms with Gasteiger partial charge >= 0.3 is 0 Å². The molecule has 4 rings (SSSR count). The number of likely N-dealkylation sites (N-methyl/N-ethyl adjacent to an activating group) is 1. The van der Waals surface area contributed by atoms with Crippen LogP contribution >= 0.6 is 15.9 Å². The first-order chi connectivity index (χ1) is 14.5. The van der Waals surface area contributed by atoms with Gasteiger partial charge in [-0.25, -0.2) is 0 Å². The van der Waals surface area contributed by atoms with Gasteiger partial charge in [-0.15, -0.1) is 0 Å². The quantitative estimate of drug-likeness (QED) is 0.724. The highest BCUT2D eigenvalue weighted by molar-refractivity contribution is 9.10. The Morgan fingerprint density at radius 1 is 1.03 bits per heavy atom. The molecule has 1 amide bonds. The molecule has 5 nitrogen and oxygen atoms in total. The van der Waals surface area contributed by atoms with Gasteiger partial charge in [-0.05, 0) is 61.3 Å². The molecule has 2 heterocycles. The van der Waals surface area contributed by atoms with Gasteiger partial charge in [0.25, 0.3) is 5.91 Å². The number of fused-ring (bicyclic) bond motifs is 1. The van der Waals surface area contributed by atoms with Crippen molar-refractivity contribution < 1.29 is 4.79 Å². The Morgan fingerprint density at radius 3 is 2.50 bits per heavy atom. The maximum Gasteiger partial charge on any atom is 0.251 e. The number of piperazine rings is 1. The number of carbonyl (C=O) groups is 1. The highest BCUT2D eigenvalue weighted by Crippen LogP contribution is 2.31. The van der Waals surface area contributed by atoms with Gasteiger partial charge in [-0.3, -0.25) is 9.69 Å². The van der Waals surface area contributed by atoms with E-state index in [4.69, 9.17) is 0 Å². The first kappa shape index (κ1) is 21.3. The van der Waals surface area contributed by atoms with E-state index in [9.17, 15) is 4.79 Å². The van der Waals surface area contributed by atoms with Crippen LogP contribution in [-0.2, 0) is 6.42 Å². The van der Waals surface area contributed by atoms with E-state index in [2.05, 4.69) is 68.2 Å². The van der Waals surface area contributed by atoms with Gasteiger partial charge in [0.2, 0.25) is 0 Å². The van der Waals surface area contributed by atoms with Gasteiger partial charge in [0.15, 0.2) is 0 Å². The molecule has 1 N–H and O–H groups in total. The molecule has 2 aromatic carbocycles. The molecule has 6 heteroatoms. The van der Waals surface area contributed by atoms with E-state index in [1.54, 1.807) is 0 Å². The van der Waals surface area contributed by atoms with Crippen LogP contribution < -0.4 is 10.2 Å². The van der Waals surface area contributed by atoms with E-state index in [-0.39, 0.29) is 11.9 Å². The molecule has 1 fully saturated rings. The largest absolute Gasteiger partial charge is 0.374 e. The van der Waals surface area contributed by atoms with E-state index in [1.807, 2.05) is 24.3 Å². The lowest BCUT2D eigenvalue weighted by atomic mass is 9.95. The van der Waals surface area contributed by atoms with Crippen molar-refractivity contribution in [3.63, 3.8) is 0 Å². The number of benzene rings is 2. The van der Waals surface area contributed by atoms with E-state index >= 15 is 0 Å². The smallest absolute Gasteiger partial charge is 0.251 e. The number of hydrogen-bond donors (Lipinski definition) is 1. The lowest BCUT2D eigenvalue weighted by molar-refractivity contribution is 0.0886. The third kappa shape index (κ3) is 4.88. The summed E-state index contributed by atoms with van der Waals surface area (Å²) in [6.07, 6.45) is 2.33. The summed E-state index contributed by atoms with van der Waals surface area (Å²) in [6.45, 7) is 5.90. The zero-order valence-electron chi connectivity index (χ0n) is 17.9. The summed E-state index contributed by atoms with van der Waals surface area (Å²) >= 11 is 3.43. The van der Waals surface area contributed by atoms with Crippen LogP contribution in [-0.4, -0.2) is 69.1 Å². The first-order valence-electron chi connectivity index (χ1n) is 10.8. The van der Waals surface area contributed by atoms with Crippen LogP contribution in [0.1, 0.15) is 33.9 Å². The van der Waals surface area contributed by atoms with Gasteiger partial charge in [0.05, 0.1) is 6.04 Å². The summed E-state index contributed by atoms with van der Waals surface area (Å²) in [4.78, 5) is 20.0. The number of rotatable bonds is 5. The lowest BCUT2D eigenvalue weighted by Crippen LogP contribution is -2.48. The monoisotopic (exact) mass is 470 g/mol. The number of hydrogen-bond acceptors (Lipinski definition) is 4. The first-order valence-corrected chi connectivity index (χ1v) is 11.6. The van der Waals surface area contributed by atoms with Crippen molar-refractivity contribution in [2.45, 2.75) is 18.9 Å². The Balaban J connectivity index is 1.54. The van der Waals surface area contributed by atoms with E-state index in [0.717, 1.165) is 43.6 Å². The van der Waals surface area contributed by atoms with Crippen molar-refractivity contribution >= 4 is 27.5 Å². The van der Waals surface area contributed by atoms with Crippen molar-refractivity contribution in [1.82, 2.24) is 15.1 Å². The minimum atomic E-state index is -0.0145. The molecule has 0 radical (unpaired) electrons. The molecule has 0 bridgehead atoms. The molecule has 2 aliphatic rings. The van der Waals surface area contributed by atoms with Gasteiger partial charge in [0, 0.05) is 62.0 Å². The number of nitrogens with one attached hydrogen (secondary N) is 1. The van der Waals surface area contributed by atoms with Crippen LogP contribution in [0, 0.1) is 0 Å². The Morgan fingerprint density at radius 2 is 1.77 bits per heavy atom. The van der Waals surface area contributed by atoms with E-state index < -0.39 is 0 Å². The normalized spacial score (nSPS) is 18.7. The highest BCUT2D eigenvalue weighted by Gasteiger charge is 2.26. The fourth-order valence-electron chi connectivity index (χ4n) is 4.50. The van der Waals surface area contributed by atoms with Crippen LogP contribution in [0.15, 0.2) is 46.9 Å². The van der Waals surface area contributed by atoms with Crippen LogP contribution in [0.2, 0.25) is 0 Å². The Labute approximate surface area is 188 Å². The van der Waals surface area contributed by atoms with Gasteiger partial charge in [-0.1, -0.05) is 28.1 Å². The maximum absolute atomic E-state index is 12.7. The molecule has 0 aliphatic carbocycles. The Bertz CT molecular complexity index is 877. The molecule has 160 valence electrons. The standard InChI is InChI=1S/C24H31BrN4O/c1-27-12-14-29(15-13-27)23(17-26-24(30)18-5-8-21(25)9-6-18)20-7-10-22-19(16-20)4-3-11-28(22)2/h5-10,16,23H,3-4,11-15,17H2,1-2H3,(H,26,30). The molecular formula is C24H31BrN4O. The second-order valence-corrected chi connectivity index (χ2v) is 9.40. The van der Waals surface area contributed by atoms with Gasteiger partial charge in [-0.2, -0.15) is 0 Å². The van der Waals surface area contributed by atoms with Crippen molar-refractivity contribution in [3.8, 4) is 0 Å². The predicted octanol–water partition coefficient (Wildman–Crippen LogP) is 3.55. The minimum Gasteiger partial charge on any atom is -0.374 e. The average molecular weight is 471 g/mol. The molecule has 0 spiro atoms. The third-order valence-electron chi connectivity index (χ3n) is 6.38. The van der Waals surface area contributed by atoms with Crippen LogP contribution in [0.4, 0.5) is 5.69 Å². The number of amides is 1. The summed E-state index contributed by atoms with van der Waals surface area (Å²) in [5, 5.41) is 3.19. The van der Waals surface area contributed by atoms with Gasteiger partial charge < -0.3 is 15.1 Å². The summed E-state index contributed by atoms with van der Waals surface area (Å²) in [7, 11) is 4.35. The van der Waals surface area contributed by atoms with E-state index in [0.29, 0.717) is 12.1 Å². The Kier molecular flexibility index (Phi) is 6.76. The molecular weight excluding hydrogens is 440 g/mol. The molecule has 1 unspecified atom stereocenters. The molecule has 30 heavy (non-hydrogen) atoms. The molecule has 1 atom stereocenters. The second-order valence-electron chi connectivity index (χ2n) is 8.49. The summed E-state index contributed by atoms with van der Waals surface area (Å²) in [6, 6.07) is 14.6. The molecule has 2 aliphatic heterocycles. The van der Waals surface area contributed by atoms with Crippen LogP contribution in [0.25, 0.3) is 0 Å². The van der Waals surface area contributed by atoms with Crippen molar-refractivity contribution in [2.75, 3.05) is 58.3 Å². The molecule has 2 aromatic rings. The zero-order chi connectivity index (χ0) is 21.1. The fourth-order valence-corrected chi connectivity index (χ4v) is 4.76. The van der Waals surface area contributed by atoms with Crippen LogP contribution in [0.5, 0.6) is 0 Å². The molecule has 1 saturated heterocycles. The second kappa shape index (κ2) is 9.50. The fraction of sp³-hybridized carbons (Fsp3) is 0.458. The van der Waals surface area contributed by atoms with Crippen molar-refractivity contribution in [3.05, 3.63) is 63.6 Å². The number of aryl methyl sites for hydroxylation is 1. The SMILES string of the molecule is CN1CCN(C(CNC(=O)c2ccc(Br)cc2)c2ccc3c(c2)CCCN3C)CC1. The van der Waals surface area contributed by atoms with Gasteiger partial charge in [0.1, 0.15) is 0 Å². The summed E-state index contributed by atoms with van der Waals surface area (Å²) in [5.74, 6) is -0.0145. The van der Waals surface area contributed by atoms with E-state index in [1.165, 1.54) is 23.2 Å². The Hall–Kier alpha value is -1.89. The maximum atomic E-state index is 12.7. The van der Waals surface area contributed by atoms with Crippen LogP contribution in [0.3, 0.4) is 0 Å². The minimum absolute atomic E-state index is 0.0145. The predicted molar refractivity (Wildman–Crippen MR) is 126 cm³/mol. The summed E-state index contributed by atoms with van der Waals surface area (Å²) in [5.41, 5.74) is 4.78. The number of nitrogens with zero attached hydrogens (tertiary/aromatic N) is 3. The van der Waals surface area contributed by atoms with Crippen molar-refractivity contribution in [1.29, 1.82) is 0 Å².